The van der Waals surface area contributed by atoms with Crippen LogP contribution in [0.1, 0.15) is 31.0 Å². The number of amides is 3. The molecule has 1 heterocycles. The lowest BCUT2D eigenvalue weighted by Gasteiger charge is -2.25. The van der Waals surface area contributed by atoms with Gasteiger partial charge in [-0.2, -0.15) is 0 Å². The molecule has 0 radical (unpaired) electrons. The molecule has 0 saturated heterocycles. The van der Waals surface area contributed by atoms with E-state index in [2.05, 4.69) is 30.9 Å². The highest BCUT2D eigenvalue weighted by molar-refractivity contribution is 5.94. The number of aliphatic imine (C=N–C) groups is 1. The fourth-order valence-corrected chi connectivity index (χ4v) is 3.75. The Morgan fingerprint density at radius 3 is 2.23 bits per heavy atom. The van der Waals surface area contributed by atoms with Crippen LogP contribution in [0.4, 0.5) is 0 Å². The number of nitrogens with two attached hydrogens (primary N) is 3. The fraction of sp³-hybridized carbons (Fsp3) is 0.440. The summed E-state index contributed by atoms with van der Waals surface area (Å²) in [6.45, 7) is 1.40. The molecule has 1 aromatic carbocycles. The minimum absolute atomic E-state index is 0.0775. The highest BCUT2D eigenvalue weighted by Gasteiger charge is 2.32. The van der Waals surface area contributed by atoms with Crippen LogP contribution in [0.15, 0.2) is 47.8 Å². The second-order valence-electron chi connectivity index (χ2n) is 9.21. The molecule has 15 heteroatoms. The highest BCUT2D eigenvalue weighted by Crippen LogP contribution is 2.07. The molecular weight excluding hydrogens is 522 g/mol. The quantitative estimate of drug-likeness (QED) is 0.0592. The van der Waals surface area contributed by atoms with Crippen LogP contribution >= 0.6 is 0 Å². The van der Waals surface area contributed by atoms with E-state index in [1.807, 2.05) is 30.3 Å². The molecule has 2 rings (SSSR count). The predicted molar refractivity (Wildman–Crippen MR) is 145 cm³/mol. The van der Waals surface area contributed by atoms with E-state index in [1.165, 1.54) is 19.4 Å². The molecule has 0 aliphatic heterocycles. The number of imidazole rings is 1. The van der Waals surface area contributed by atoms with E-state index < -0.39 is 54.0 Å². The maximum Gasteiger partial charge on any atom is 0.328 e. The molecule has 12 N–H and O–H groups in total. The number of guanidine groups is 1. The van der Waals surface area contributed by atoms with Gasteiger partial charge in [0, 0.05) is 24.9 Å². The van der Waals surface area contributed by atoms with Gasteiger partial charge in [-0.15, -0.1) is 0 Å². The molecule has 5 atom stereocenters. The Bertz CT molecular complexity index is 1140. The van der Waals surface area contributed by atoms with E-state index in [-0.39, 0.29) is 31.8 Å². The van der Waals surface area contributed by atoms with Crippen molar-refractivity contribution in [1.82, 2.24) is 25.9 Å². The number of nitrogens with zero attached hydrogens (tertiary/aromatic N) is 2. The van der Waals surface area contributed by atoms with E-state index in [4.69, 9.17) is 17.2 Å². The summed E-state index contributed by atoms with van der Waals surface area (Å²) in [7, 11) is 0. The molecule has 2 aromatic rings. The Labute approximate surface area is 231 Å². The van der Waals surface area contributed by atoms with Gasteiger partial charge in [0.1, 0.15) is 12.1 Å². The van der Waals surface area contributed by atoms with Crippen molar-refractivity contribution in [2.75, 3.05) is 6.54 Å². The minimum Gasteiger partial charge on any atom is -0.480 e. The first-order valence-electron chi connectivity index (χ1n) is 12.6. The number of hydrogen-bond donors (Lipinski definition) is 9. The number of H-pyrrole nitrogens is 1. The first kappa shape index (κ1) is 31.7. The van der Waals surface area contributed by atoms with E-state index >= 15 is 0 Å². The molecule has 0 spiro atoms. The van der Waals surface area contributed by atoms with Gasteiger partial charge in [-0.1, -0.05) is 30.3 Å². The van der Waals surface area contributed by atoms with E-state index in [0.717, 1.165) is 5.56 Å². The predicted octanol–water partition coefficient (Wildman–Crippen LogP) is -2.50. The van der Waals surface area contributed by atoms with Gasteiger partial charge < -0.3 is 48.3 Å². The summed E-state index contributed by atoms with van der Waals surface area (Å²) in [5, 5.41) is 26.6. The summed E-state index contributed by atoms with van der Waals surface area (Å²) in [4.78, 5) is 61.4. The van der Waals surface area contributed by atoms with Gasteiger partial charge in [0.15, 0.2) is 12.0 Å². The minimum atomic E-state index is -1.61. The van der Waals surface area contributed by atoms with Crippen LogP contribution in [0.5, 0.6) is 0 Å². The number of aromatic nitrogens is 2. The first-order chi connectivity index (χ1) is 19.0. The first-order valence-corrected chi connectivity index (χ1v) is 12.6. The average Bonchev–Trinajstić information content (AvgIpc) is 3.41. The van der Waals surface area contributed by atoms with Crippen LogP contribution in [0.3, 0.4) is 0 Å². The summed E-state index contributed by atoms with van der Waals surface area (Å²) in [5.74, 6) is -3.74. The lowest BCUT2D eigenvalue weighted by atomic mass is 10.0. The van der Waals surface area contributed by atoms with Crippen molar-refractivity contribution in [2.24, 2.45) is 22.2 Å². The number of carbonyl (C=O) groups is 4. The van der Waals surface area contributed by atoms with Crippen LogP contribution in [0.2, 0.25) is 0 Å². The molecule has 0 aliphatic carbocycles. The highest BCUT2D eigenvalue weighted by atomic mass is 16.4. The molecule has 0 fully saturated rings. The van der Waals surface area contributed by atoms with Crippen molar-refractivity contribution < 1.29 is 29.4 Å². The summed E-state index contributed by atoms with van der Waals surface area (Å²) in [6, 6.07) is 4.15. The number of carbonyl (C=O) groups excluding carboxylic acids is 3. The summed E-state index contributed by atoms with van der Waals surface area (Å²) < 4.78 is 0. The summed E-state index contributed by atoms with van der Waals surface area (Å²) >= 11 is 0. The van der Waals surface area contributed by atoms with Gasteiger partial charge in [-0.05, 0) is 31.7 Å². The van der Waals surface area contributed by atoms with Crippen LogP contribution < -0.4 is 33.2 Å². The average molecular weight is 560 g/mol. The van der Waals surface area contributed by atoms with Crippen molar-refractivity contribution in [3.8, 4) is 0 Å². The molecule has 218 valence electrons. The Balaban J connectivity index is 2.20. The van der Waals surface area contributed by atoms with Gasteiger partial charge in [0.25, 0.3) is 0 Å². The van der Waals surface area contributed by atoms with Gasteiger partial charge in [0.2, 0.25) is 17.7 Å². The molecule has 0 saturated carbocycles. The van der Waals surface area contributed by atoms with Crippen molar-refractivity contribution in [1.29, 1.82) is 0 Å². The number of aliphatic carboxylic acids is 1. The number of nitrogens with one attached hydrogen (secondary N) is 4. The number of aliphatic hydroxyl groups excluding tert-OH is 1. The lowest BCUT2D eigenvalue weighted by Crippen LogP contribution is -2.59. The van der Waals surface area contributed by atoms with E-state index in [1.54, 1.807) is 0 Å². The fourth-order valence-electron chi connectivity index (χ4n) is 3.75. The SMILES string of the molecule is CC(O)C(NC(=O)C(Cc1cnc[nH]1)NC(=O)C(CCCN=C(N)N)NC(=O)C(N)Cc1ccccc1)C(=O)O. The van der Waals surface area contributed by atoms with Crippen molar-refractivity contribution in [3.05, 3.63) is 54.1 Å². The van der Waals surface area contributed by atoms with Gasteiger partial charge in [-0.3, -0.25) is 19.4 Å². The monoisotopic (exact) mass is 559 g/mol. The van der Waals surface area contributed by atoms with Crippen LogP contribution in [-0.4, -0.2) is 86.6 Å². The maximum atomic E-state index is 13.4. The largest absolute Gasteiger partial charge is 0.480 e. The molecular formula is C25H37N9O6. The number of hydrogen-bond acceptors (Lipinski definition) is 8. The Kier molecular flexibility index (Phi) is 12.5. The molecule has 0 aliphatic rings. The van der Waals surface area contributed by atoms with Gasteiger partial charge in [0.05, 0.1) is 18.5 Å². The van der Waals surface area contributed by atoms with Crippen molar-refractivity contribution in [3.63, 3.8) is 0 Å². The number of carboxylic acids is 1. The van der Waals surface area contributed by atoms with Crippen LogP contribution in [-0.2, 0) is 32.0 Å². The summed E-state index contributed by atoms with van der Waals surface area (Å²) in [6.07, 6.45) is 1.98. The smallest absolute Gasteiger partial charge is 0.328 e. The van der Waals surface area contributed by atoms with Gasteiger partial charge >= 0.3 is 5.97 Å². The second-order valence-corrected chi connectivity index (χ2v) is 9.21. The molecule has 15 nitrogen and oxygen atoms in total. The third-order valence-electron chi connectivity index (χ3n) is 5.87. The molecule has 1 aromatic heterocycles. The third kappa shape index (κ3) is 10.7. The Morgan fingerprint density at radius 2 is 1.65 bits per heavy atom. The zero-order valence-electron chi connectivity index (χ0n) is 22.1. The number of aliphatic hydroxyl groups is 1. The molecule has 3 amide bonds. The topological polar surface area (TPSA) is 264 Å². The van der Waals surface area contributed by atoms with Crippen molar-refractivity contribution >= 4 is 29.7 Å². The zero-order valence-corrected chi connectivity index (χ0v) is 22.1. The standard InChI is InChI=1S/C25H37N9O6/c1-14(35)20(24(39)40)34-23(38)19(11-16-12-29-13-31-16)33-22(37)18(8-5-9-30-25(27)28)32-21(36)17(26)10-15-6-3-2-4-7-15/h2-4,6-7,12-14,17-20,35H,5,8-11,26H2,1H3,(H,29,31)(H,32,36)(H,33,37)(H,34,38)(H,39,40)(H4,27,28,30). The van der Waals surface area contributed by atoms with Crippen LogP contribution in [0.25, 0.3) is 0 Å². The third-order valence-corrected chi connectivity index (χ3v) is 5.87. The molecule has 40 heavy (non-hydrogen) atoms. The lowest BCUT2D eigenvalue weighted by molar-refractivity contribution is -0.145. The number of carboxylic acid groups (broad SMARTS) is 1. The number of benzene rings is 1. The van der Waals surface area contributed by atoms with E-state index in [0.29, 0.717) is 12.1 Å². The number of rotatable bonds is 16. The normalized spacial score (nSPS) is 14.6. The van der Waals surface area contributed by atoms with Crippen LogP contribution in [0, 0.1) is 0 Å². The number of aromatic amines is 1. The van der Waals surface area contributed by atoms with Crippen molar-refractivity contribution in [2.45, 2.75) is 62.9 Å². The van der Waals surface area contributed by atoms with E-state index in [9.17, 15) is 29.4 Å². The zero-order chi connectivity index (χ0) is 29.7. The summed E-state index contributed by atoms with van der Waals surface area (Å²) in [5.41, 5.74) is 18.1. The maximum absolute atomic E-state index is 13.4. The molecule has 0 bridgehead atoms. The Morgan fingerprint density at radius 1 is 1.00 bits per heavy atom. The Hall–Kier alpha value is -4.50. The second kappa shape index (κ2) is 15.8. The van der Waals surface area contributed by atoms with Gasteiger partial charge in [-0.25, -0.2) is 9.78 Å². The molecule has 5 unspecified atom stereocenters.